The topological polar surface area (TPSA) is 86.5 Å². The van der Waals surface area contributed by atoms with Crippen LogP contribution in [0.1, 0.15) is 15.2 Å². The van der Waals surface area contributed by atoms with Gasteiger partial charge in [-0.2, -0.15) is 0 Å². The molecular weight excluding hydrogens is 434 g/mol. The van der Waals surface area contributed by atoms with E-state index in [-0.39, 0.29) is 5.91 Å². The van der Waals surface area contributed by atoms with Crippen molar-refractivity contribution in [3.8, 4) is 22.8 Å². The summed E-state index contributed by atoms with van der Waals surface area (Å²) >= 11 is 7.41. The molecule has 6 nitrogen and oxygen atoms in total. The number of anilines is 2. The van der Waals surface area contributed by atoms with Gasteiger partial charge >= 0.3 is 0 Å². The Bertz CT molecular complexity index is 1300. The molecule has 0 saturated carbocycles. The van der Waals surface area contributed by atoms with E-state index in [4.69, 9.17) is 31.8 Å². The van der Waals surface area contributed by atoms with E-state index in [1.165, 1.54) is 11.3 Å². The summed E-state index contributed by atoms with van der Waals surface area (Å²) in [5.41, 5.74) is 9.74. The largest absolute Gasteiger partial charge is 0.493 e. The lowest BCUT2D eigenvalue weighted by Crippen LogP contribution is -2.12. The molecule has 0 spiro atoms. The zero-order chi connectivity index (χ0) is 22.1. The molecule has 4 aromatic rings. The van der Waals surface area contributed by atoms with Crippen LogP contribution in [-0.2, 0) is 0 Å². The third-order valence-corrected chi connectivity index (χ3v) is 6.52. The van der Waals surface area contributed by atoms with Crippen LogP contribution in [0.2, 0.25) is 5.02 Å². The van der Waals surface area contributed by atoms with Crippen LogP contribution in [0.4, 0.5) is 11.4 Å². The Hall–Kier alpha value is -3.29. The summed E-state index contributed by atoms with van der Waals surface area (Å²) < 4.78 is 10.7. The molecule has 0 atom stereocenters. The van der Waals surface area contributed by atoms with Crippen LogP contribution < -0.4 is 20.5 Å². The molecule has 2 aromatic carbocycles. The number of aromatic nitrogens is 1. The lowest BCUT2D eigenvalue weighted by atomic mass is 10.1. The molecule has 0 unspecified atom stereocenters. The fourth-order valence-electron chi connectivity index (χ4n) is 3.24. The maximum atomic E-state index is 12.9. The van der Waals surface area contributed by atoms with Crippen molar-refractivity contribution in [3.05, 3.63) is 64.0 Å². The van der Waals surface area contributed by atoms with Gasteiger partial charge in [-0.15, -0.1) is 11.3 Å². The van der Waals surface area contributed by atoms with Crippen molar-refractivity contribution >= 4 is 50.4 Å². The second-order valence-electron chi connectivity index (χ2n) is 6.83. The second-order valence-corrected chi connectivity index (χ2v) is 8.24. The molecule has 3 N–H and O–H groups in total. The van der Waals surface area contributed by atoms with Crippen molar-refractivity contribution in [1.29, 1.82) is 0 Å². The molecule has 0 fully saturated rings. The molecule has 2 heterocycles. The van der Waals surface area contributed by atoms with E-state index >= 15 is 0 Å². The maximum absolute atomic E-state index is 12.9. The number of nitrogens with two attached hydrogens (primary N) is 1. The number of nitrogen functional groups attached to an aromatic ring is 1. The van der Waals surface area contributed by atoms with Gasteiger partial charge in [0.2, 0.25) is 0 Å². The number of hydrogen-bond acceptors (Lipinski definition) is 6. The minimum absolute atomic E-state index is 0.293. The van der Waals surface area contributed by atoms with Crippen LogP contribution in [0.15, 0.2) is 48.5 Å². The number of rotatable bonds is 5. The number of amides is 1. The number of halogens is 1. The molecule has 0 radical (unpaired) electrons. The van der Waals surface area contributed by atoms with Gasteiger partial charge in [-0.05, 0) is 55.0 Å². The van der Waals surface area contributed by atoms with Crippen molar-refractivity contribution in [1.82, 2.24) is 4.98 Å². The first-order valence-electron chi connectivity index (χ1n) is 9.40. The molecule has 0 aliphatic carbocycles. The first-order valence-corrected chi connectivity index (χ1v) is 10.6. The summed E-state index contributed by atoms with van der Waals surface area (Å²) in [4.78, 5) is 18.7. The lowest BCUT2D eigenvalue weighted by Gasteiger charge is -2.09. The molecule has 0 bridgehead atoms. The van der Waals surface area contributed by atoms with Gasteiger partial charge in [0.05, 0.1) is 25.6 Å². The molecule has 158 valence electrons. The summed E-state index contributed by atoms with van der Waals surface area (Å²) in [6.07, 6.45) is 0. The highest BCUT2D eigenvalue weighted by atomic mass is 35.5. The molecule has 2 aromatic heterocycles. The average Bonchev–Trinajstić information content (AvgIpc) is 3.12. The van der Waals surface area contributed by atoms with Gasteiger partial charge in [-0.1, -0.05) is 17.7 Å². The van der Waals surface area contributed by atoms with Crippen LogP contribution in [0.3, 0.4) is 0 Å². The number of nitrogens with zero attached hydrogens (tertiary/aromatic N) is 1. The predicted octanol–water partition coefficient (Wildman–Crippen LogP) is 5.78. The highest BCUT2D eigenvalue weighted by molar-refractivity contribution is 7.21. The third kappa shape index (κ3) is 3.89. The molecule has 0 aliphatic heterocycles. The van der Waals surface area contributed by atoms with E-state index in [1.807, 2.05) is 37.3 Å². The van der Waals surface area contributed by atoms with Crippen LogP contribution in [0, 0.1) is 6.92 Å². The van der Waals surface area contributed by atoms with E-state index in [0.717, 1.165) is 22.2 Å². The summed E-state index contributed by atoms with van der Waals surface area (Å²) in [6, 6.07) is 14.7. The van der Waals surface area contributed by atoms with Crippen LogP contribution in [-0.4, -0.2) is 25.1 Å². The van der Waals surface area contributed by atoms with E-state index in [2.05, 4.69) is 5.32 Å². The predicted molar refractivity (Wildman–Crippen MR) is 127 cm³/mol. The summed E-state index contributed by atoms with van der Waals surface area (Å²) in [7, 11) is 3.18. The fourth-order valence-corrected chi connectivity index (χ4v) is 4.41. The first-order chi connectivity index (χ1) is 14.9. The molecule has 4 rings (SSSR count). The van der Waals surface area contributed by atoms with Gasteiger partial charge < -0.3 is 20.5 Å². The van der Waals surface area contributed by atoms with E-state index < -0.39 is 0 Å². The van der Waals surface area contributed by atoms with Crippen molar-refractivity contribution in [2.45, 2.75) is 6.92 Å². The third-order valence-electron chi connectivity index (χ3n) is 5.00. The standard InChI is InChI=1S/C23H20ClN3O3S/c1-12-15(24)5-4-6-16(12)26-22(28)21-20(25)14-8-9-17(27-23(14)31-21)13-7-10-18(29-2)19(11-13)30-3/h4-11H,25H2,1-3H3,(H,26,28). The Morgan fingerprint density at radius 3 is 2.61 bits per heavy atom. The van der Waals surface area contributed by atoms with E-state index in [0.29, 0.717) is 37.6 Å². The van der Waals surface area contributed by atoms with Gasteiger partial charge in [0, 0.05) is 21.7 Å². The van der Waals surface area contributed by atoms with Crippen molar-refractivity contribution in [3.63, 3.8) is 0 Å². The van der Waals surface area contributed by atoms with Crippen molar-refractivity contribution in [2.75, 3.05) is 25.3 Å². The zero-order valence-electron chi connectivity index (χ0n) is 17.2. The van der Waals surface area contributed by atoms with Crippen LogP contribution in [0.25, 0.3) is 21.5 Å². The lowest BCUT2D eigenvalue weighted by molar-refractivity contribution is 0.103. The number of fused-ring (bicyclic) bond motifs is 1. The number of methoxy groups -OCH3 is 2. The monoisotopic (exact) mass is 453 g/mol. The highest BCUT2D eigenvalue weighted by Crippen LogP contribution is 2.37. The first kappa shape index (κ1) is 21.0. The number of benzene rings is 2. The summed E-state index contributed by atoms with van der Waals surface area (Å²) in [5.74, 6) is 0.964. The van der Waals surface area contributed by atoms with E-state index in [1.54, 1.807) is 32.4 Å². The summed E-state index contributed by atoms with van der Waals surface area (Å²) in [5, 5.41) is 4.22. The molecule has 0 aliphatic rings. The zero-order valence-corrected chi connectivity index (χ0v) is 18.7. The van der Waals surface area contributed by atoms with Gasteiger partial charge in [0.25, 0.3) is 5.91 Å². The number of hydrogen-bond donors (Lipinski definition) is 2. The number of carbonyl (C=O) groups is 1. The fraction of sp³-hybridized carbons (Fsp3) is 0.130. The molecule has 0 saturated heterocycles. The molecular formula is C23H20ClN3O3S. The van der Waals surface area contributed by atoms with Crippen molar-refractivity contribution in [2.24, 2.45) is 0 Å². The second kappa shape index (κ2) is 8.45. The Labute approximate surface area is 188 Å². The molecule has 31 heavy (non-hydrogen) atoms. The Morgan fingerprint density at radius 2 is 1.87 bits per heavy atom. The van der Waals surface area contributed by atoms with Crippen LogP contribution in [0.5, 0.6) is 11.5 Å². The van der Waals surface area contributed by atoms with Crippen molar-refractivity contribution < 1.29 is 14.3 Å². The smallest absolute Gasteiger partial charge is 0.267 e. The number of thiophene rings is 1. The maximum Gasteiger partial charge on any atom is 0.267 e. The average molecular weight is 454 g/mol. The van der Waals surface area contributed by atoms with Gasteiger partial charge in [-0.25, -0.2) is 4.98 Å². The minimum Gasteiger partial charge on any atom is -0.493 e. The van der Waals surface area contributed by atoms with Crippen LogP contribution >= 0.6 is 22.9 Å². The van der Waals surface area contributed by atoms with Gasteiger partial charge in [0.1, 0.15) is 9.71 Å². The Kier molecular flexibility index (Phi) is 5.71. The van der Waals surface area contributed by atoms with Gasteiger partial charge in [0.15, 0.2) is 11.5 Å². The quantitative estimate of drug-likeness (QED) is 0.400. The number of ether oxygens (including phenoxy) is 2. The Balaban J connectivity index is 1.69. The number of pyridine rings is 1. The normalized spacial score (nSPS) is 10.8. The minimum atomic E-state index is -0.293. The SMILES string of the molecule is COc1ccc(-c2ccc3c(N)c(C(=O)Nc4cccc(Cl)c4C)sc3n2)cc1OC. The highest BCUT2D eigenvalue weighted by Gasteiger charge is 2.19. The number of carbonyl (C=O) groups excluding carboxylic acids is 1. The summed E-state index contributed by atoms with van der Waals surface area (Å²) in [6.45, 7) is 1.85. The van der Waals surface area contributed by atoms with E-state index in [9.17, 15) is 4.79 Å². The molecule has 8 heteroatoms. The Morgan fingerprint density at radius 1 is 1.10 bits per heavy atom. The molecule has 1 amide bonds. The number of nitrogens with one attached hydrogen (secondary N) is 1. The van der Waals surface area contributed by atoms with Gasteiger partial charge in [-0.3, -0.25) is 4.79 Å².